The van der Waals surface area contributed by atoms with Crippen LogP contribution in [0.25, 0.3) is 0 Å². The molecule has 0 saturated heterocycles. The lowest BCUT2D eigenvalue weighted by Gasteiger charge is -2.05. The van der Waals surface area contributed by atoms with Gasteiger partial charge in [-0.05, 0) is 37.0 Å². The molecule has 0 aliphatic heterocycles. The normalized spacial score (nSPS) is 13.7. The highest BCUT2D eigenvalue weighted by molar-refractivity contribution is 6.30. The van der Waals surface area contributed by atoms with Crippen LogP contribution in [0.4, 0.5) is 0 Å². The topological polar surface area (TPSA) is 25.8 Å². The van der Waals surface area contributed by atoms with Gasteiger partial charge in [0.1, 0.15) is 11.0 Å². The van der Waals surface area contributed by atoms with Crippen molar-refractivity contribution in [2.45, 2.75) is 25.7 Å². The zero-order valence-corrected chi connectivity index (χ0v) is 11.3. The number of hydrogen-bond donors (Lipinski definition) is 0. The average Bonchev–Trinajstić information content (AvgIpc) is 2.81. The van der Waals surface area contributed by atoms with Gasteiger partial charge in [-0.25, -0.2) is 9.97 Å². The van der Waals surface area contributed by atoms with Crippen molar-refractivity contribution in [3.05, 3.63) is 57.1 Å². The van der Waals surface area contributed by atoms with Crippen molar-refractivity contribution >= 4 is 23.2 Å². The standard InChI is InChI=1S/C14H12Cl2N2/c15-10-6-4-9(5-7-10)8-13-17-12-3-1-2-11(12)14(16)18-13/h4-7H,1-3,8H2. The molecule has 1 aliphatic rings. The highest BCUT2D eigenvalue weighted by Crippen LogP contribution is 2.26. The lowest BCUT2D eigenvalue weighted by molar-refractivity contribution is 0.885. The first-order chi connectivity index (χ1) is 8.72. The first kappa shape index (κ1) is 11.9. The lowest BCUT2D eigenvalue weighted by Crippen LogP contribution is -2.02. The van der Waals surface area contributed by atoms with Gasteiger partial charge in [-0.1, -0.05) is 35.3 Å². The van der Waals surface area contributed by atoms with Gasteiger partial charge in [-0.2, -0.15) is 0 Å². The van der Waals surface area contributed by atoms with Gasteiger partial charge in [0.25, 0.3) is 0 Å². The second-order valence-electron chi connectivity index (χ2n) is 4.51. The summed E-state index contributed by atoms with van der Waals surface area (Å²) < 4.78 is 0. The lowest BCUT2D eigenvalue weighted by atomic mass is 10.1. The first-order valence-electron chi connectivity index (χ1n) is 6.01. The second-order valence-corrected chi connectivity index (χ2v) is 5.31. The summed E-state index contributed by atoms with van der Waals surface area (Å²) in [6.07, 6.45) is 3.86. The summed E-state index contributed by atoms with van der Waals surface area (Å²) in [7, 11) is 0. The van der Waals surface area contributed by atoms with Gasteiger partial charge in [0, 0.05) is 22.7 Å². The number of nitrogens with zero attached hydrogens (tertiary/aromatic N) is 2. The molecule has 92 valence electrons. The molecule has 0 amide bonds. The van der Waals surface area contributed by atoms with E-state index in [-0.39, 0.29) is 0 Å². The van der Waals surface area contributed by atoms with E-state index in [4.69, 9.17) is 23.2 Å². The molecule has 0 atom stereocenters. The Bertz CT molecular complexity index is 579. The van der Waals surface area contributed by atoms with Gasteiger partial charge in [0.05, 0.1) is 0 Å². The fourth-order valence-electron chi connectivity index (χ4n) is 2.30. The van der Waals surface area contributed by atoms with Crippen molar-refractivity contribution in [3.8, 4) is 0 Å². The zero-order chi connectivity index (χ0) is 12.5. The molecule has 3 rings (SSSR count). The minimum absolute atomic E-state index is 0.626. The minimum atomic E-state index is 0.626. The number of hydrogen-bond acceptors (Lipinski definition) is 2. The highest BCUT2D eigenvalue weighted by atomic mass is 35.5. The summed E-state index contributed by atoms with van der Waals surface area (Å²) >= 11 is 12.1. The number of aromatic nitrogens is 2. The Balaban J connectivity index is 1.89. The van der Waals surface area contributed by atoms with Crippen LogP contribution in [-0.2, 0) is 19.3 Å². The van der Waals surface area contributed by atoms with Crippen molar-refractivity contribution in [2.75, 3.05) is 0 Å². The minimum Gasteiger partial charge on any atom is -0.237 e. The largest absolute Gasteiger partial charge is 0.237 e. The summed E-state index contributed by atoms with van der Waals surface area (Å²) in [5.74, 6) is 0.794. The highest BCUT2D eigenvalue weighted by Gasteiger charge is 2.18. The number of fused-ring (bicyclic) bond motifs is 1. The Labute approximate surface area is 116 Å². The van der Waals surface area contributed by atoms with E-state index >= 15 is 0 Å². The molecule has 0 radical (unpaired) electrons. The molecule has 1 aliphatic carbocycles. The molecule has 18 heavy (non-hydrogen) atoms. The van der Waals surface area contributed by atoms with Crippen LogP contribution in [0.5, 0.6) is 0 Å². The van der Waals surface area contributed by atoms with Crippen molar-refractivity contribution in [2.24, 2.45) is 0 Å². The van der Waals surface area contributed by atoms with E-state index in [0.29, 0.717) is 11.6 Å². The predicted octanol–water partition coefficient (Wildman–Crippen LogP) is 3.86. The quantitative estimate of drug-likeness (QED) is 0.780. The summed E-state index contributed by atoms with van der Waals surface area (Å²) in [6.45, 7) is 0. The van der Waals surface area contributed by atoms with Crippen molar-refractivity contribution in [1.82, 2.24) is 9.97 Å². The van der Waals surface area contributed by atoms with Gasteiger partial charge < -0.3 is 0 Å². The molecule has 0 saturated carbocycles. The summed E-state index contributed by atoms with van der Waals surface area (Å²) in [6, 6.07) is 7.75. The summed E-state index contributed by atoms with van der Waals surface area (Å²) in [4.78, 5) is 8.99. The van der Waals surface area contributed by atoms with Crippen LogP contribution in [0.2, 0.25) is 10.2 Å². The third-order valence-electron chi connectivity index (χ3n) is 3.20. The van der Waals surface area contributed by atoms with Gasteiger partial charge in [-0.3, -0.25) is 0 Å². The molecule has 4 heteroatoms. The Morgan fingerprint density at radius 3 is 2.56 bits per heavy atom. The molecule has 1 aromatic heterocycles. The summed E-state index contributed by atoms with van der Waals surface area (Å²) in [5.41, 5.74) is 3.41. The molecule has 2 aromatic rings. The van der Waals surface area contributed by atoms with Crippen LogP contribution in [0.1, 0.15) is 29.1 Å². The van der Waals surface area contributed by atoms with Gasteiger partial charge in [0.15, 0.2) is 0 Å². The average molecular weight is 279 g/mol. The van der Waals surface area contributed by atoms with Crippen LogP contribution in [0, 0.1) is 0 Å². The Hall–Kier alpha value is -1.12. The van der Waals surface area contributed by atoms with E-state index in [1.165, 1.54) is 0 Å². The Morgan fingerprint density at radius 1 is 1.00 bits per heavy atom. The van der Waals surface area contributed by atoms with Crippen LogP contribution in [0.15, 0.2) is 24.3 Å². The van der Waals surface area contributed by atoms with Gasteiger partial charge in [0.2, 0.25) is 0 Å². The van der Waals surface area contributed by atoms with E-state index in [1.807, 2.05) is 24.3 Å². The first-order valence-corrected chi connectivity index (χ1v) is 6.76. The maximum atomic E-state index is 6.19. The van der Waals surface area contributed by atoms with Crippen molar-refractivity contribution in [3.63, 3.8) is 0 Å². The molecular weight excluding hydrogens is 267 g/mol. The third-order valence-corrected chi connectivity index (χ3v) is 3.77. The third kappa shape index (κ3) is 2.36. The maximum Gasteiger partial charge on any atom is 0.136 e. The molecular formula is C14H12Cl2N2. The molecule has 0 fully saturated rings. The summed E-state index contributed by atoms with van der Waals surface area (Å²) in [5, 5.41) is 1.37. The fourth-order valence-corrected chi connectivity index (χ4v) is 2.73. The van der Waals surface area contributed by atoms with E-state index in [2.05, 4.69) is 9.97 Å². The molecule has 0 bridgehead atoms. The van der Waals surface area contributed by atoms with Crippen LogP contribution in [0.3, 0.4) is 0 Å². The van der Waals surface area contributed by atoms with E-state index in [1.54, 1.807) is 0 Å². The number of benzene rings is 1. The number of rotatable bonds is 2. The number of aryl methyl sites for hydroxylation is 1. The van der Waals surface area contributed by atoms with Crippen LogP contribution in [-0.4, -0.2) is 9.97 Å². The van der Waals surface area contributed by atoms with E-state index in [0.717, 1.165) is 46.9 Å². The zero-order valence-electron chi connectivity index (χ0n) is 9.79. The van der Waals surface area contributed by atoms with Crippen LogP contribution < -0.4 is 0 Å². The van der Waals surface area contributed by atoms with Gasteiger partial charge >= 0.3 is 0 Å². The van der Waals surface area contributed by atoms with Crippen molar-refractivity contribution < 1.29 is 0 Å². The molecule has 1 aromatic carbocycles. The monoisotopic (exact) mass is 278 g/mol. The van der Waals surface area contributed by atoms with Gasteiger partial charge in [-0.15, -0.1) is 0 Å². The molecule has 2 nitrogen and oxygen atoms in total. The Kier molecular flexibility index (Phi) is 3.23. The molecule has 0 N–H and O–H groups in total. The molecule has 0 unspecified atom stereocenters. The molecule has 1 heterocycles. The smallest absolute Gasteiger partial charge is 0.136 e. The number of halogens is 2. The van der Waals surface area contributed by atoms with E-state index in [9.17, 15) is 0 Å². The van der Waals surface area contributed by atoms with Crippen LogP contribution >= 0.6 is 23.2 Å². The molecule has 0 spiro atoms. The predicted molar refractivity (Wildman–Crippen MR) is 73.3 cm³/mol. The fraction of sp³-hybridized carbons (Fsp3) is 0.286. The Morgan fingerprint density at radius 2 is 1.78 bits per heavy atom. The maximum absolute atomic E-state index is 6.19. The SMILES string of the molecule is Clc1ccc(Cc2nc(Cl)c3c(n2)CCC3)cc1. The second kappa shape index (κ2) is 4.87. The van der Waals surface area contributed by atoms with Crippen molar-refractivity contribution in [1.29, 1.82) is 0 Å². The van der Waals surface area contributed by atoms with E-state index < -0.39 is 0 Å².